The molecule has 2 aromatic rings. The third-order valence-electron chi connectivity index (χ3n) is 5.29. The topological polar surface area (TPSA) is 45.7 Å². The molecule has 1 saturated heterocycles. The molecule has 2 heterocycles. The molecular formula is C22H31N3OS. The van der Waals surface area contributed by atoms with Crippen LogP contribution in [0.3, 0.4) is 0 Å². The molecule has 0 unspecified atom stereocenters. The van der Waals surface area contributed by atoms with E-state index in [0.717, 1.165) is 45.1 Å². The minimum absolute atomic E-state index is 0.0965. The Balaban J connectivity index is 1.75. The molecule has 0 radical (unpaired) electrons. The number of benzene rings is 1. The van der Waals surface area contributed by atoms with E-state index in [1.807, 2.05) is 11.3 Å². The fourth-order valence-corrected chi connectivity index (χ4v) is 4.61. The highest BCUT2D eigenvalue weighted by molar-refractivity contribution is 7.11. The van der Waals surface area contributed by atoms with Gasteiger partial charge in [-0.15, -0.1) is 11.3 Å². The van der Waals surface area contributed by atoms with Gasteiger partial charge in [0.15, 0.2) is 5.96 Å². The first-order chi connectivity index (χ1) is 13.1. The molecule has 0 aliphatic carbocycles. The summed E-state index contributed by atoms with van der Waals surface area (Å²) in [5.74, 6) is 0.892. The summed E-state index contributed by atoms with van der Waals surface area (Å²) in [4.78, 5) is 7.43. The van der Waals surface area contributed by atoms with Crippen molar-refractivity contribution >= 4 is 17.3 Å². The molecule has 1 aromatic heterocycles. The van der Waals surface area contributed by atoms with Gasteiger partial charge in [-0.3, -0.25) is 0 Å². The molecule has 4 nitrogen and oxygen atoms in total. The number of hydrogen-bond acceptors (Lipinski definition) is 3. The minimum Gasteiger partial charge on any atom is -0.381 e. The minimum atomic E-state index is 0.0965. The summed E-state index contributed by atoms with van der Waals surface area (Å²) in [5, 5.41) is 7.02. The van der Waals surface area contributed by atoms with Crippen LogP contribution in [0.5, 0.6) is 0 Å². The van der Waals surface area contributed by atoms with Gasteiger partial charge in [0, 0.05) is 41.5 Å². The van der Waals surface area contributed by atoms with Gasteiger partial charge in [-0.1, -0.05) is 24.3 Å². The van der Waals surface area contributed by atoms with Crippen LogP contribution in [0, 0.1) is 13.8 Å². The standard InChI is InChI=1S/C22H31N3OS/c1-4-23-21(24-15-19-10-9-18(3)27-19)25-16-22(11-13-26-14-12-22)20-8-6-5-7-17(20)2/h5-10H,4,11-16H2,1-3H3,(H2,23,24,25). The van der Waals surface area contributed by atoms with Gasteiger partial charge in [0.2, 0.25) is 0 Å². The molecular weight excluding hydrogens is 354 g/mol. The van der Waals surface area contributed by atoms with Crippen molar-refractivity contribution in [3.63, 3.8) is 0 Å². The molecule has 1 aromatic carbocycles. The van der Waals surface area contributed by atoms with Gasteiger partial charge < -0.3 is 15.4 Å². The Morgan fingerprint density at radius 3 is 2.56 bits per heavy atom. The largest absolute Gasteiger partial charge is 0.381 e. The van der Waals surface area contributed by atoms with Crippen molar-refractivity contribution in [3.8, 4) is 0 Å². The number of aryl methyl sites for hydroxylation is 2. The van der Waals surface area contributed by atoms with Crippen molar-refractivity contribution in [2.45, 2.75) is 45.6 Å². The lowest BCUT2D eigenvalue weighted by atomic mass is 9.72. The average molecular weight is 386 g/mol. The van der Waals surface area contributed by atoms with E-state index in [0.29, 0.717) is 6.54 Å². The summed E-state index contributed by atoms with van der Waals surface area (Å²) in [6.45, 7) is 10.5. The summed E-state index contributed by atoms with van der Waals surface area (Å²) in [7, 11) is 0. The zero-order chi connectivity index (χ0) is 19.1. The Bertz CT molecular complexity index is 762. The lowest BCUT2D eigenvalue weighted by Gasteiger charge is -2.39. The first-order valence-corrected chi connectivity index (χ1v) is 10.7. The average Bonchev–Trinajstić information content (AvgIpc) is 3.10. The lowest BCUT2D eigenvalue weighted by molar-refractivity contribution is 0.0512. The third kappa shape index (κ3) is 5.11. The molecule has 1 fully saturated rings. The molecule has 3 rings (SSSR count). The summed E-state index contributed by atoms with van der Waals surface area (Å²) in [5.41, 5.74) is 2.89. The number of hydrogen-bond donors (Lipinski definition) is 2. The van der Waals surface area contributed by atoms with Crippen LogP contribution in [0.4, 0.5) is 0 Å². The highest BCUT2D eigenvalue weighted by Crippen LogP contribution is 2.36. The molecule has 0 bridgehead atoms. The molecule has 1 aliphatic rings. The normalized spacial score (nSPS) is 16.9. The van der Waals surface area contributed by atoms with E-state index in [4.69, 9.17) is 9.73 Å². The fourth-order valence-electron chi connectivity index (χ4n) is 3.79. The van der Waals surface area contributed by atoms with Crippen molar-refractivity contribution in [1.82, 2.24) is 10.6 Å². The summed E-state index contributed by atoms with van der Waals surface area (Å²) >= 11 is 1.81. The van der Waals surface area contributed by atoms with Gasteiger partial charge in [0.1, 0.15) is 0 Å². The van der Waals surface area contributed by atoms with Crippen molar-refractivity contribution < 1.29 is 4.74 Å². The maximum absolute atomic E-state index is 5.68. The van der Waals surface area contributed by atoms with Crippen LogP contribution in [-0.2, 0) is 16.7 Å². The monoisotopic (exact) mass is 385 g/mol. The van der Waals surface area contributed by atoms with Crippen LogP contribution >= 0.6 is 11.3 Å². The zero-order valence-corrected chi connectivity index (χ0v) is 17.5. The zero-order valence-electron chi connectivity index (χ0n) is 16.7. The Hall–Kier alpha value is -1.85. The summed E-state index contributed by atoms with van der Waals surface area (Å²) in [6.07, 6.45) is 2.07. The predicted octanol–water partition coefficient (Wildman–Crippen LogP) is 4.17. The maximum atomic E-state index is 5.68. The van der Waals surface area contributed by atoms with E-state index in [1.54, 1.807) is 0 Å². The molecule has 146 valence electrons. The van der Waals surface area contributed by atoms with Crippen LogP contribution < -0.4 is 10.6 Å². The second-order valence-electron chi connectivity index (χ2n) is 7.27. The molecule has 0 saturated carbocycles. The fraction of sp³-hybridized carbons (Fsp3) is 0.500. The molecule has 27 heavy (non-hydrogen) atoms. The maximum Gasteiger partial charge on any atom is 0.191 e. The molecule has 5 heteroatoms. The quantitative estimate of drug-likeness (QED) is 0.579. The number of guanidine groups is 1. The van der Waals surface area contributed by atoms with Crippen LogP contribution in [-0.4, -0.2) is 32.3 Å². The highest BCUT2D eigenvalue weighted by Gasteiger charge is 2.35. The third-order valence-corrected chi connectivity index (χ3v) is 6.28. The van der Waals surface area contributed by atoms with Crippen LogP contribution in [0.2, 0.25) is 0 Å². The highest BCUT2D eigenvalue weighted by atomic mass is 32.1. The van der Waals surface area contributed by atoms with Gasteiger partial charge in [0.25, 0.3) is 0 Å². The van der Waals surface area contributed by atoms with Crippen LogP contribution in [0.1, 0.15) is 40.6 Å². The van der Waals surface area contributed by atoms with E-state index in [9.17, 15) is 0 Å². The Labute approximate surface area is 167 Å². The predicted molar refractivity (Wildman–Crippen MR) is 115 cm³/mol. The van der Waals surface area contributed by atoms with E-state index in [2.05, 4.69) is 67.8 Å². The molecule has 2 N–H and O–H groups in total. The van der Waals surface area contributed by atoms with Gasteiger partial charge in [0.05, 0.1) is 6.54 Å². The van der Waals surface area contributed by atoms with E-state index in [1.165, 1.54) is 20.9 Å². The molecule has 1 aliphatic heterocycles. The van der Waals surface area contributed by atoms with Gasteiger partial charge in [-0.25, -0.2) is 4.99 Å². The van der Waals surface area contributed by atoms with Crippen molar-refractivity contribution in [3.05, 3.63) is 57.3 Å². The van der Waals surface area contributed by atoms with Crippen molar-refractivity contribution in [2.75, 3.05) is 26.3 Å². The van der Waals surface area contributed by atoms with Crippen LogP contribution in [0.25, 0.3) is 0 Å². The van der Waals surface area contributed by atoms with Gasteiger partial charge in [-0.05, 0) is 56.9 Å². The smallest absolute Gasteiger partial charge is 0.191 e. The number of ether oxygens (including phenoxy) is 1. The van der Waals surface area contributed by atoms with Crippen molar-refractivity contribution in [2.24, 2.45) is 4.99 Å². The second kappa shape index (κ2) is 9.38. The summed E-state index contributed by atoms with van der Waals surface area (Å²) in [6, 6.07) is 13.1. The van der Waals surface area contributed by atoms with Crippen molar-refractivity contribution in [1.29, 1.82) is 0 Å². The molecule has 0 atom stereocenters. The number of nitrogens with zero attached hydrogens (tertiary/aromatic N) is 1. The first-order valence-electron chi connectivity index (χ1n) is 9.84. The molecule has 0 amide bonds. The summed E-state index contributed by atoms with van der Waals surface area (Å²) < 4.78 is 5.68. The molecule has 0 spiro atoms. The SMILES string of the molecule is CCNC(=NCc1ccc(C)s1)NCC1(c2ccccc2C)CCOCC1. The van der Waals surface area contributed by atoms with E-state index < -0.39 is 0 Å². The second-order valence-corrected chi connectivity index (χ2v) is 8.64. The van der Waals surface area contributed by atoms with E-state index in [-0.39, 0.29) is 5.41 Å². The number of thiophene rings is 1. The Kier molecular flexibility index (Phi) is 6.91. The number of rotatable bonds is 6. The first kappa shape index (κ1) is 19.9. The number of nitrogens with one attached hydrogen (secondary N) is 2. The van der Waals surface area contributed by atoms with Gasteiger partial charge >= 0.3 is 0 Å². The van der Waals surface area contributed by atoms with Gasteiger partial charge in [-0.2, -0.15) is 0 Å². The Morgan fingerprint density at radius 1 is 1.11 bits per heavy atom. The number of aliphatic imine (C=N–C) groups is 1. The Morgan fingerprint density at radius 2 is 1.89 bits per heavy atom. The van der Waals surface area contributed by atoms with Crippen LogP contribution in [0.15, 0.2) is 41.4 Å². The lowest BCUT2D eigenvalue weighted by Crippen LogP contribution is -2.48. The van der Waals surface area contributed by atoms with E-state index >= 15 is 0 Å².